The Morgan fingerprint density at radius 2 is 2.05 bits per heavy atom. The first-order valence-corrected chi connectivity index (χ1v) is 7.58. The van der Waals surface area contributed by atoms with Crippen LogP contribution in [0.1, 0.15) is 49.7 Å². The Hall–Kier alpha value is -1.72. The van der Waals surface area contributed by atoms with Crippen molar-refractivity contribution in [3.05, 3.63) is 35.2 Å². The molecule has 0 radical (unpaired) electrons. The largest absolute Gasteiger partial charge is 0.419 e. The van der Waals surface area contributed by atoms with Crippen LogP contribution in [0.25, 0.3) is 11.5 Å². The van der Waals surface area contributed by atoms with Gasteiger partial charge in [-0.2, -0.15) is 0 Å². The van der Waals surface area contributed by atoms with Gasteiger partial charge in [0, 0.05) is 5.56 Å². The van der Waals surface area contributed by atoms with E-state index >= 15 is 0 Å². The molecule has 2 aromatic rings. The van der Waals surface area contributed by atoms with E-state index in [2.05, 4.69) is 41.5 Å². The first kappa shape index (κ1) is 14.2. The number of hydrogen-bond acceptors (Lipinski definition) is 5. The summed E-state index contributed by atoms with van der Waals surface area (Å²) < 4.78 is 11.3. The third-order valence-corrected chi connectivity index (χ3v) is 3.76. The molecular weight excluding hydrogens is 266 g/mol. The number of hydrogen-bond donors (Lipinski definition) is 1. The van der Waals surface area contributed by atoms with Crippen LogP contribution in [0.5, 0.6) is 0 Å². The van der Waals surface area contributed by atoms with Gasteiger partial charge < -0.3 is 14.5 Å². The monoisotopic (exact) mass is 287 g/mol. The fourth-order valence-corrected chi connectivity index (χ4v) is 2.52. The summed E-state index contributed by atoms with van der Waals surface area (Å²) in [6.45, 7) is 6.57. The molecule has 0 fully saturated rings. The fourth-order valence-electron chi connectivity index (χ4n) is 2.52. The van der Waals surface area contributed by atoms with Gasteiger partial charge in [-0.25, -0.2) is 0 Å². The van der Waals surface area contributed by atoms with Gasteiger partial charge in [-0.15, -0.1) is 10.2 Å². The van der Waals surface area contributed by atoms with E-state index in [0.29, 0.717) is 25.0 Å². The van der Waals surface area contributed by atoms with Gasteiger partial charge in [0.1, 0.15) is 0 Å². The van der Waals surface area contributed by atoms with Crippen LogP contribution in [0.4, 0.5) is 0 Å². The number of rotatable bonds is 6. The van der Waals surface area contributed by atoms with Crippen molar-refractivity contribution < 1.29 is 9.15 Å². The standard InChI is InChI=1S/C16H21N3O2/c1-3-7-17-14(4-2)16-19-18-15(21-16)11-5-6-12-9-20-10-13(12)8-11/h5-6,8,14,17H,3-4,7,9-10H2,1-2H3. The molecule has 1 aromatic carbocycles. The van der Waals surface area contributed by atoms with Gasteiger partial charge in [-0.1, -0.05) is 19.9 Å². The second kappa shape index (κ2) is 6.37. The number of nitrogens with one attached hydrogen (secondary N) is 1. The molecule has 0 aliphatic carbocycles. The van der Waals surface area contributed by atoms with E-state index in [1.165, 1.54) is 11.1 Å². The molecule has 112 valence electrons. The Labute approximate surface area is 124 Å². The molecular formula is C16H21N3O2. The van der Waals surface area contributed by atoms with Crippen LogP contribution in [0.2, 0.25) is 0 Å². The molecule has 1 unspecified atom stereocenters. The number of aromatic nitrogens is 2. The maximum atomic E-state index is 5.85. The Balaban J connectivity index is 1.81. The summed E-state index contributed by atoms with van der Waals surface area (Å²) in [5.74, 6) is 1.24. The van der Waals surface area contributed by atoms with Gasteiger partial charge in [-0.3, -0.25) is 0 Å². The van der Waals surface area contributed by atoms with Gasteiger partial charge in [0.05, 0.1) is 19.3 Å². The third-order valence-electron chi connectivity index (χ3n) is 3.76. The topological polar surface area (TPSA) is 60.2 Å². The molecule has 5 nitrogen and oxygen atoms in total. The molecule has 1 N–H and O–H groups in total. The van der Waals surface area contributed by atoms with Crippen LogP contribution in [0.3, 0.4) is 0 Å². The van der Waals surface area contributed by atoms with Crippen LogP contribution in [0.15, 0.2) is 22.6 Å². The fraction of sp³-hybridized carbons (Fsp3) is 0.500. The number of fused-ring (bicyclic) bond motifs is 1. The first-order chi connectivity index (χ1) is 10.3. The zero-order chi connectivity index (χ0) is 14.7. The lowest BCUT2D eigenvalue weighted by molar-refractivity contribution is 0.134. The highest BCUT2D eigenvalue weighted by atomic mass is 16.5. The summed E-state index contributed by atoms with van der Waals surface area (Å²) in [5, 5.41) is 11.8. The molecule has 5 heteroatoms. The molecule has 0 spiro atoms. The van der Waals surface area contributed by atoms with Crippen molar-refractivity contribution >= 4 is 0 Å². The lowest BCUT2D eigenvalue weighted by atomic mass is 10.1. The molecule has 2 heterocycles. The molecule has 0 bridgehead atoms. The second-order valence-electron chi connectivity index (χ2n) is 5.34. The molecule has 1 atom stereocenters. The molecule has 0 saturated carbocycles. The quantitative estimate of drug-likeness (QED) is 0.884. The minimum Gasteiger partial charge on any atom is -0.419 e. The second-order valence-corrected chi connectivity index (χ2v) is 5.34. The van der Waals surface area contributed by atoms with Crippen molar-refractivity contribution in [2.45, 2.75) is 45.9 Å². The van der Waals surface area contributed by atoms with E-state index in [4.69, 9.17) is 9.15 Å². The molecule has 1 aromatic heterocycles. The zero-order valence-corrected chi connectivity index (χ0v) is 12.6. The summed E-state index contributed by atoms with van der Waals surface area (Å²) in [6.07, 6.45) is 2.02. The summed E-state index contributed by atoms with van der Waals surface area (Å²) in [5.41, 5.74) is 3.42. The predicted molar refractivity (Wildman–Crippen MR) is 79.6 cm³/mol. The zero-order valence-electron chi connectivity index (χ0n) is 12.6. The third kappa shape index (κ3) is 2.99. The SMILES string of the molecule is CCCNC(CC)c1nnc(-c2ccc3c(c2)COC3)o1. The lowest BCUT2D eigenvalue weighted by Gasteiger charge is -2.11. The lowest BCUT2D eigenvalue weighted by Crippen LogP contribution is -2.21. The Morgan fingerprint density at radius 1 is 1.19 bits per heavy atom. The van der Waals surface area contributed by atoms with Crippen molar-refractivity contribution in [3.8, 4) is 11.5 Å². The summed E-state index contributed by atoms with van der Waals surface area (Å²) in [6, 6.07) is 6.31. The molecule has 1 aliphatic rings. The van der Waals surface area contributed by atoms with E-state index in [1.54, 1.807) is 0 Å². The summed E-state index contributed by atoms with van der Waals surface area (Å²) in [4.78, 5) is 0. The highest BCUT2D eigenvalue weighted by Gasteiger charge is 2.18. The number of ether oxygens (including phenoxy) is 1. The van der Waals surface area contributed by atoms with Crippen LogP contribution in [-0.2, 0) is 18.0 Å². The molecule has 0 amide bonds. The van der Waals surface area contributed by atoms with Gasteiger partial charge in [0.15, 0.2) is 0 Å². The van der Waals surface area contributed by atoms with Gasteiger partial charge in [-0.05, 0) is 42.6 Å². The number of benzene rings is 1. The average molecular weight is 287 g/mol. The Morgan fingerprint density at radius 3 is 2.86 bits per heavy atom. The van der Waals surface area contributed by atoms with E-state index in [-0.39, 0.29) is 6.04 Å². The van der Waals surface area contributed by atoms with Crippen molar-refractivity contribution in [3.63, 3.8) is 0 Å². The van der Waals surface area contributed by atoms with Crippen LogP contribution in [0, 0.1) is 0 Å². The average Bonchev–Trinajstić information content (AvgIpc) is 3.16. The maximum absolute atomic E-state index is 5.85. The van der Waals surface area contributed by atoms with Crippen LogP contribution < -0.4 is 5.32 Å². The number of nitrogens with zero attached hydrogens (tertiary/aromatic N) is 2. The van der Waals surface area contributed by atoms with Crippen molar-refractivity contribution in [2.24, 2.45) is 0 Å². The van der Waals surface area contributed by atoms with Crippen LogP contribution >= 0.6 is 0 Å². The van der Waals surface area contributed by atoms with E-state index in [1.807, 2.05) is 6.07 Å². The normalized spacial score (nSPS) is 15.1. The molecule has 1 aliphatic heterocycles. The van der Waals surface area contributed by atoms with Gasteiger partial charge in [0.25, 0.3) is 0 Å². The predicted octanol–water partition coefficient (Wildman–Crippen LogP) is 3.22. The van der Waals surface area contributed by atoms with Gasteiger partial charge in [0.2, 0.25) is 11.8 Å². The van der Waals surface area contributed by atoms with Crippen LogP contribution in [-0.4, -0.2) is 16.7 Å². The summed E-state index contributed by atoms with van der Waals surface area (Å²) >= 11 is 0. The van der Waals surface area contributed by atoms with Crippen molar-refractivity contribution in [1.82, 2.24) is 15.5 Å². The maximum Gasteiger partial charge on any atom is 0.247 e. The highest BCUT2D eigenvalue weighted by Crippen LogP contribution is 2.27. The summed E-state index contributed by atoms with van der Waals surface area (Å²) in [7, 11) is 0. The van der Waals surface area contributed by atoms with Crippen molar-refractivity contribution in [1.29, 1.82) is 0 Å². The Bertz CT molecular complexity index is 609. The molecule has 21 heavy (non-hydrogen) atoms. The van der Waals surface area contributed by atoms with Gasteiger partial charge >= 0.3 is 0 Å². The highest BCUT2D eigenvalue weighted by molar-refractivity contribution is 5.55. The van der Waals surface area contributed by atoms with E-state index < -0.39 is 0 Å². The molecule has 0 saturated heterocycles. The smallest absolute Gasteiger partial charge is 0.247 e. The molecule has 3 rings (SSSR count). The van der Waals surface area contributed by atoms with E-state index in [9.17, 15) is 0 Å². The first-order valence-electron chi connectivity index (χ1n) is 7.58. The minimum absolute atomic E-state index is 0.129. The van der Waals surface area contributed by atoms with E-state index in [0.717, 1.165) is 24.9 Å². The Kier molecular flexibility index (Phi) is 4.31. The minimum atomic E-state index is 0.129. The van der Waals surface area contributed by atoms with Crippen molar-refractivity contribution in [2.75, 3.05) is 6.54 Å².